The molecule has 2 aromatic rings. The van der Waals surface area contributed by atoms with E-state index in [2.05, 4.69) is 0 Å². The van der Waals surface area contributed by atoms with Crippen molar-refractivity contribution in [1.82, 2.24) is 8.87 Å². The number of esters is 1. The highest BCUT2D eigenvalue weighted by Crippen LogP contribution is 2.38. The summed E-state index contributed by atoms with van der Waals surface area (Å²) in [5.41, 5.74) is 0.491. The Morgan fingerprint density at radius 2 is 1.96 bits per heavy atom. The molecule has 0 aliphatic carbocycles. The largest absolute Gasteiger partial charge is 0.466 e. The second-order valence-electron chi connectivity index (χ2n) is 6.16. The van der Waals surface area contributed by atoms with Gasteiger partial charge in [-0.3, -0.25) is 9.59 Å². The predicted octanol–water partition coefficient (Wildman–Crippen LogP) is 2.64. The van der Waals surface area contributed by atoms with Gasteiger partial charge in [0.25, 0.3) is 10.0 Å². The quantitative estimate of drug-likeness (QED) is 0.638. The van der Waals surface area contributed by atoms with Crippen molar-refractivity contribution in [2.24, 2.45) is 0 Å². The van der Waals surface area contributed by atoms with Crippen LogP contribution in [-0.2, 0) is 24.3 Å². The van der Waals surface area contributed by atoms with E-state index in [-0.39, 0.29) is 36.3 Å². The summed E-state index contributed by atoms with van der Waals surface area (Å²) in [6.45, 7) is 2.19. The molecule has 0 bridgehead atoms. The van der Waals surface area contributed by atoms with Gasteiger partial charge < -0.3 is 9.64 Å². The standard InChI is InChI=1S/C19H22N2O5S2/c1-2-26-18(23)10-13-20-17(22)11-14-27-19(20)16-9-6-12-21(16)28(24,25)15-7-4-3-5-8-15/h3-9,12,19H,2,10-11,13-14H2,1H3. The molecule has 3 rings (SSSR count). The van der Waals surface area contributed by atoms with Gasteiger partial charge in [-0.1, -0.05) is 18.2 Å². The lowest BCUT2D eigenvalue weighted by Crippen LogP contribution is -2.40. The molecule has 1 aliphatic rings. The number of ether oxygens (including phenoxy) is 1. The zero-order valence-corrected chi connectivity index (χ0v) is 17.1. The molecule has 0 radical (unpaired) electrons. The highest BCUT2D eigenvalue weighted by Gasteiger charge is 2.34. The Morgan fingerprint density at radius 1 is 1.21 bits per heavy atom. The summed E-state index contributed by atoms with van der Waals surface area (Å²) in [7, 11) is -3.78. The molecule has 1 unspecified atom stereocenters. The van der Waals surface area contributed by atoms with Gasteiger partial charge in [-0.2, -0.15) is 0 Å². The number of thioether (sulfide) groups is 1. The summed E-state index contributed by atoms with van der Waals surface area (Å²) in [6.07, 6.45) is 1.92. The SMILES string of the molecule is CCOC(=O)CCN1C(=O)CCSC1c1cccn1S(=O)(=O)c1ccccc1. The van der Waals surface area contributed by atoms with E-state index in [1.807, 2.05) is 0 Å². The maximum absolute atomic E-state index is 13.1. The summed E-state index contributed by atoms with van der Waals surface area (Å²) in [5.74, 6) is 0.116. The zero-order chi connectivity index (χ0) is 20.1. The lowest BCUT2D eigenvalue weighted by molar-refractivity contribution is -0.144. The molecule has 2 heterocycles. The van der Waals surface area contributed by atoms with Crippen LogP contribution in [0.3, 0.4) is 0 Å². The first-order valence-corrected chi connectivity index (χ1v) is 11.5. The van der Waals surface area contributed by atoms with Gasteiger partial charge in [0.1, 0.15) is 5.37 Å². The van der Waals surface area contributed by atoms with Gasteiger partial charge in [0.05, 0.1) is 23.6 Å². The zero-order valence-electron chi connectivity index (χ0n) is 15.5. The van der Waals surface area contributed by atoms with Crippen LogP contribution in [0.4, 0.5) is 0 Å². The van der Waals surface area contributed by atoms with Crippen molar-refractivity contribution in [3.63, 3.8) is 0 Å². The number of hydrogen-bond donors (Lipinski definition) is 0. The van der Waals surface area contributed by atoms with Crippen molar-refractivity contribution in [2.75, 3.05) is 18.9 Å². The number of amides is 1. The molecule has 0 N–H and O–H groups in total. The summed E-state index contributed by atoms with van der Waals surface area (Å²) in [5, 5.41) is -0.482. The molecule has 0 spiro atoms. The summed E-state index contributed by atoms with van der Waals surface area (Å²) in [4.78, 5) is 26.0. The topological polar surface area (TPSA) is 85.7 Å². The highest BCUT2D eigenvalue weighted by molar-refractivity contribution is 7.99. The van der Waals surface area contributed by atoms with Crippen LogP contribution in [-0.4, -0.2) is 48.1 Å². The Hall–Kier alpha value is -2.26. The molecule has 1 fully saturated rings. The van der Waals surface area contributed by atoms with E-state index < -0.39 is 15.4 Å². The number of benzene rings is 1. The third kappa shape index (κ3) is 4.25. The summed E-state index contributed by atoms with van der Waals surface area (Å²) in [6, 6.07) is 11.5. The van der Waals surface area contributed by atoms with Gasteiger partial charge in [-0.25, -0.2) is 12.4 Å². The van der Waals surface area contributed by atoms with Crippen LogP contribution in [0.5, 0.6) is 0 Å². The van der Waals surface area contributed by atoms with Crippen molar-refractivity contribution in [3.8, 4) is 0 Å². The monoisotopic (exact) mass is 422 g/mol. The van der Waals surface area contributed by atoms with Crippen LogP contribution in [0.2, 0.25) is 0 Å². The van der Waals surface area contributed by atoms with Crippen molar-refractivity contribution in [1.29, 1.82) is 0 Å². The molecular formula is C19H22N2O5S2. The lowest BCUT2D eigenvalue weighted by atomic mass is 10.3. The van der Waals surface area contributed by atoms with Gasteiger partial charge in [0.15, 0.2) is 0 Å². The lowest BCUT2D eigenvalue weighted by Gasteiger charge is -2.35. The fourth-order valence-corrected chi connectivity index (χ4v) is 5.79. The third-order valence-electron chi connectivity index (χ3n) is 4.35. The number of rotatable bonds is 7. The first kappa shape index (κ1) is 20.5. The predicted molar refractivity (Wildman–Crippen MR) is 106 cm³/mol. The Balaban J connectivity index is 1.90. The minimum Gasteiger partial charge on any atom is -0.466 e. The Kier molecular flexibility index (Phi) is 6.46. The van der Waals surface area contributed by atoms with E-state index in [0.29, 0.717) is 17.9 Å². The number of hydrogen-bond acceptors (Lipinski definition) is 6. The van der Waals surface area contributed by atoms with E-state index in [4.69, 9.17) is 4.74 Å². The second-order valence-corrected chi connectivity index (χ2v) is 9.17. The maximum Gasteiger partial charge on any atom is 0.307 e. The van der Waals surface area contributed by atoms with Crippen molar-refractivity contribution >= 4 is 33.7 Å². The smallest absolute Gasteiger partial charge is 0.307 e. The van der Waals surface area contributed by atoms with Gasteiger partial charge in [0.2, 0.25) is 5.91 Å². The first-order chi connectivity index (χ1) is 13.4. The van der Waals surface area contributed by atoms with Crippen LogP contribution in [0.25, 0.3) is 0 Å². The van der Waals surface area contributed by atoms with Gasteiger partial charge in [0, 0.05) is 24.9 Å². The molecule has 0 saturated carbocycles. The third-order valence-corrected chi connectivity index (χ3v) is 7.32. The van der Waals surface area contributed by atoms with Gasteiger partial charge in [-0.05, 0) is 31.2 Å². The van der Waals surface area contributed by atoms with Crippen molar-refractivity contribution in [3.05, 3.63) is 54.4 Å². The molecule has 1 aromatic carbocycles. The molecular weight excluding hydrogens is 400 g/mol. The van der Waals surface area contributed by atoms with Gasteiger partial charge in [-0.15, -0.1) is 11.8 Å². The second kappa shape index (κ2) is 8.83. The fourth-order valence-electron chi connectivity index (χ4n) is 3.05. The Bertz CT molecular complexity index is 940. The Labute approximate surface area is 168 Å². The van der Waals surface area contributed by atoms with Gasteiger partial charge >= 0.3 is 5.97 Å². The molecule has 150 valence electrons. The molecule has 1 aliphatic heterocycles. The van der Waals surface area contributed by atoms with E-state index in [1.54, 1.807) is 42.2 Å². The van der Waals surface area contributed by atoms with Crippen LogP contribution in [0.15, 0.2) is 53.6 Å². The van der Waals surface area contributed by atoms with Crippen LogP contribution in [0.1, 0.15) is 30.8 Å². The van der Waals surface area contributed by atoms with Crippen LogP contribution in [0, 0.1) is 0 Å². The molecule has 1 saturated heterocycles. The van der Waals surface area contributed by atoms with E-state index in [1.165, 1.54) is 34.1 Å². The number of nitrogens with zero attached hydrogens (tertiary/aromatic N) is 2. The minimum atomic E-state index is -3.78. The molecule has 1 aromatic heterocycles. The van der Waals surface area contributed by atoms with E-state index in [9.17, 15) is 18.0 Å². The van der Waals surface area contributed by atoms with E-state index in [0.717, 1.165) is 0 Å². The highest BCUT2D eigenvalue weighted by atomic mass is 32.2. The molecule has 1 atom stereocenters. The fraction of sp³-hybridized carbons (Fsp3) is 0.368. The number of aromatic nitrogens is 1. The maximum atomic E-state index is 13.1. The Morgan fingerprint density at radius 3 is 2.68 bits per heavy atom. The average molecular weight is 423 g/mol. The number of carbonyl (C=O) groups is 2. The van der Waals surface area contributed by atoms with Crippen molar-refractivity contribution < 1.29 is 22.7 Å². The van der Waals surface area contributed by atoms with E-state index >= 15 is 0 Å². The average Bonchev–Trinajstić information content (AvgIpc) is 3.18. The van der Waals surface area contributed by atoms with Crippen LogP contribution >= 0.6 is 11.8 Å². The van der Waals surface area contributed by atoms with Crippen molar-refractivity contribution in [2.45, 2.75) is 30.0 Å². The molecule has 28 heavy (non-hydrogen) atoms. The summed E-state index contributed by atoms with van der Waals surface area (Å²) >= 11 is 1.49. The number of carbonyl (C=O) groups excluding carboxylic acids is 2. The molecule has 1 amide bonds. The van der Waals surface area contributed by atoms with Crippen LogP contribution < -0.4 is 0 Å². The molecule has 7 nitrogen and oxygen atoms in total. The summed E-state index contributed by atoms with van der Waals surface area (Å²) < 4.78 is 32.3. The normalized spacial score (nSPS) is 17.5. The minimum absolute atomic E-state index is 0.0722. The first-order valence-electron chi connectivity index (χ1n) is 8.99. The molecule has 9 heteroatoms.